The van der Waals surface area contributed by atoms with E-state index < -0.39 is 12.1 Å². The minimum Gasteiger partial charge on any atom is -0.448 e. The van der Waals surface area contributed by atoms with Crippen LogP contribution in [0.1, 0.15) is 43.8 Å². The second kappa shape index (κ2) is 6.00. The Kier molecular flexibility index (Phi) is 4.90. The standard InChI is InChI=1S/C13H19NO3S/c1-5-13(3,4)14-11(15)9(2)17-12(16)10-7-6-8-18-10/h6-9H,5H2,1-4H3,(H,14,15). The fourth-order valence-corrected chi connectivity index (χ4v) is 1.80. The highest BCUT2D eigenvalue weighted by Gasteiger charge is 2.24. The molecule has 0 bridgehead atoms. The van der Waals surface area contributed by atoms with Crippen molar-refractivity contribution < 1.29 is 14.3 Å². The van der Waals surface area contributed by atoms with Crippen molar-refractivity contribution in [2.75, 3.05) is 0 Å². The normalized spacial score (nSPS) is 12.9. The Bertz CT molecular complexity index is 412. The minimum absolute atomic E-state index is 0.272. The van der Waals surface area contributed by atoms with Crippen molar-refractivity contribution in [1.29, 1.82) is 0 Å². The Morgan fingerprint density at radius 3 is 2.67 bits per heavy atom. The topological polar surface area (TPSA) is 55.4 Å². The Morgan fingerprint density at radius 2 is 2.17 bits per heavy atom. The van der Waals surface area contributed by atoms with Crippen LogP contribution in [0.3, 0.4) is 0 Å². The highest BCUT2D eigenvalue weighted by Crippen LogP contribution is 2.12. The predicted molar refractivity (Wildman–Crippen MR) is 71.7 cm³/mol. The van der Waals surface area contributed by atoms with Crippen LogP contribution in [0.25, 0.3) is 0 Å². The van der Waals surface area contributed by atoms with Crippen LogP contribution in [0, 0.1) is 0 Å². The first-order chi connectivity index (χ1) is 8.35. The summed E-state index contributed by atoms with van der Waals surface area (Å²) in [7, 11) is 0. The molecule has 0 aliphatic heterocycles. The second-order valence-corrected chi connectivity index (χ2v) is 5.70. The fraction of sp³-hybridized carbons (Fsp3) is 0.538. The molecule has 1 unspecified atom stereocenters. The molecule has 5 heteroatoms. The van der Waals surface area contributed by atoms with Crippen LogP contribution in [0.5, 0.6) is 0 Å². The summed E-state index contributed by atoms with van der Waals surface area (Å²) in [5, 5.41) is 4.64. The Balaban J connectivity index is 2.53. The fourth-order valence-electron chi connectivity index (χ4n) is 1.19. The number of thiophene rings is 1. The highest BCUT2D eigenvalue weighted by molar-refractivity contribution is 7.11. The van der Waals surface area contributed by atoms with Crippen LogP contribution in [-0.2, 0) is 9.53 Å². The highest BCUT2D eigenvalue weighted by atomic mass is 32.1. The van der Waals surface area contributed by atoms with Crippen LogP contribution < -0.4 is 5.32 Å². The summed E-state index contributed by atoms with van der Waals surface area (Å²) in [4.78, 5) is 24.0. The van der Waals surface area contributed by atoms with Gasteiger partial charge in [-0.3, -0.25) is 4.79 Å². The van der Waals surface area contributed by atoms with Gasteiger partial charge in [-0.1, -0.05) is 13.0 Å². The van der Waals surface area contributed by atoms with Gasteiger partial charge in [0.1, 0.15) is 4.88 Å². The van der Waals surface area contributed by atoms with E-state index in [1.54, 1.807) is 24.4 Å². The predicted octanol–water partition coefficient (Wildman–Crippen LogP) is 2.60. The number of esters is 1. The number of carbonyl (C=O) groups excluding carboxylic acids is 2. The van der Waals surface area contributed by atoms with E-state index in [0.717, 1.165) is 6.42 Å². The first-order valence-electron chi connectivity index (χ1n) is 5.92. The summed E-state index contributed by atoms with van der Waals surface area (Å²) < 4.78 is 5.11. The van der Waals surface area contributed by atoms with Crippen LogP contribution >= 0.6 is 11.3 Å². The molecular formula is C13H19NO3S. The third-order valence-corrected chi connectivity index (χ3v) is 3.57. The van der Waals surface area contributed by atoms with E-state index >= 15 is 0 Å². The van der Waals surface area contributed by atoms with Crippen LogP contribution in [0.15, 0.2) is 17.5 Å². The zero-order valence-electron chi connectivity index (χ0n) is 11.1. The Hall–Kier alpha value is -1.36. The second-order valence-electron chi connectivity index (χ2n) is 4.75. The summed E-state index contributed by atoms with van der Waals surface area (Å²) in [6.07, 6.45) is 0.0232. The minimum atomic E-state index is -0.787. The molecule has 0 aliphatic rings. The Morgan fingerprint density at radius 1 is 1.50 bits per heavy atom. The van der Waals surface area contributed by atoms with E-state index in [2.05, 4.69) is 5.32 Å². The zero-order valence-corrected chi connectivity index (χ0v) is 12.0. The molecular weight excluding hydrogens is 250 g/mol. The van der Waals surface area contributed by atoms with Gasteiger partial charge in [-0.15, -0.1) is 11.3 Å². The molecule has 0 aromatic carbocycles. The van der Waals surface area contributed by atoms with Crippen molar-refractivity contribution in [1.82, 2.24) is 5.32 Å². The molecule has 1 amide bonds. The molecule has 1 aromatic rings. The average Bonchev–Trinajstić information content (AvgIpc) is 2.81. The SMILES string of the molecule is CCC(C)(C)NC(=O)C(C)OC(=O)c1cccs1. The molecule has 100 valence electrons. The summed E-state index contributed by atoms with van der Waals surface area (Å²) in [5.74, 6) is -0.728. The van der Waals surface area contributed by atoms with Crippen LogP contribution in [-0.4, -0.2) is 23.5 Å². The van der Waals surface area contributed by atoms with Gasteiger partial charge >= 0.3 is 5.97 Å². The maximum atomic E-state index is 11.8. The van der Waals surface area contributed by atoms with Gasteiger partial charge in [0.15, 0.2) is 6.10 Å². The molecule has 4 nitrogen and oxygen atoms in total. The summed E-state index contributed by atoms with van der Waals surface area (Å²) >= 11 is 1.30. The summed E-state index contributed by atoms with van der Waals surface area (Å²) in [5.41, 5.74) is -0.291. The van der Waals surface area contributed by atoms with Crippen molar-refractivity contribution in [3.05, 3.63) is 22.4 Å². The number of rotatable bonds is 5. The van der Waals surface area contributed by atoms with E-state index in [-0.39, 0.29) is 11.4 Å². The van der Waals surface area contributed by atoms with Crippen molar-refractivity contribution in [2.24, 2.45) is 0 Å². The van der Waals surface area contributed by atoms with Gasteiger partial charge in [0.25, 0.3) is 5.91 Å². The van der Waals surface area contributed by atoms with Crippen molar-refractivity contribution in [3.63, 3.8) is 0 Å². The number of hydrogen-bond acceptors (Lipinski definition) is 4. The molecule has 18 heavy (non-hydrogen) atoms. The lowest BCUT2D eigenvalue weighted by Crippen LogP contribution is -2.47. The lowest BCUT2D eigenvalue weighted by molar-refractivity contribution is -0.130. The van der Waals surface area contributed by atoms with Gasteiger partial charge in [0, 0.05) is 5.54 Å². The number of amides is 1. The molecule has 0 fully saturated rings. The first kappa shape index (κ1) is 14.7. The number of ether oxygens (including phenoxy) is 1. The third-order valence-electron chi connectivity index (χ3n) is 2.72. The van der Waals surface area contributed by atoms with E-state index in [9.17, 15) is 9.59 Å². The molecule has 0 saturated heterocycles. The monoisotopic (exact) mass is 269 g/mol. The molecule has 0 spiro atoms. The van der Waals surface area contributed by atoms with Crippen molar-refractivity contribution >= 4 is 23.2 Å². The summed E-state index contributed by atoms with van der Waals surface area (Å²) in [6, 6.07) is 3.44. The molecule has 1 aromatic heterocycles. The number of nitrogens with one attached hydrogen (secondary N) is 1. The van der Waals surface area contributed by atoms with Gasteiger partial charge in [-0.05, 0) is 38.6 Å². The zero-order chi connectivity index (χ0) is 13.8. The van der Waals surface area contributed by atoms with Gasteiger partial charge in [-0.2, -0.15) is 0 Å². The molecule has 1 N–H and O–H groups in total. The Labute approximate surface area is 111 Å². The first-order valence-corrected chi connectivity index (χ1v) is 6.80. The molecule has 0 aliphatic carbocycles. The largest absolute Gasteiger partial charge is 0.448 e. The van der Waals surface area contributed by atoms with E-state index in [1.165, 1.54) is 11.3 Å². The smallest absolute Gasteiger partial charge is 0.349 e. The van der Waals surface area contributed by atoms with Crippen LogP contribution in [0.4, 0.5) is 0 Å². The van der Waals surface area contributed by atoms with E-state index in [0.29, 0.717) is 4.88 Å². The lowest BCUT2D eigenvalue weighted by Gasteiger charge is -2.26. The number of carbonyl (C=O) groups is 2. The maximum Gasteiger partial charge on any atom is 0.349 e. The molecule has 1 rings (SSSR count). The lowest BCUT2D eigenvalue weighted by atomic mass is 10.0. The third kappa shape index (κ3) is 4.14. The van der Waals surface area contributed by atoms with E-state index in [1.807, 2.05) is 20.8 Å². The molecule has 0 radical (unpaired) electrons. The van der Waals surface area contributed by atoms with E-state index in [4.69, 9.17) is 4.74 Å². The van der Waals surface area contributed by atoms with Crippen molar-refractivity contribution in [2.45, 2.75) is 45.8 Å². The number of hydrogen-bond donors (Lipinski definition) is 1. The summed E-state index contributed by atoms with van der Waals surface area (Å²) in [6.45, 7) is 7.42. The van der Waals surface area contributed by atoms with Gasteiger partial charge < -0.3 is 10.1 Å². The maximum absolute atomic E-state index is 11.8. The average molecular weight is 269 g/mol. The quantitative estimate of drug-likeness (QED) is 0.836. The van der Waals surface area contributed by atoms with Gasteiger partial charge in [0.05, 0.1) is 0 Å². The molecule has 0 saturated carbocycles. The van der Waals surface area contributed by atoms with Crippen LogP contribution in [0.2, 0.25) is 0 Å². The molecule has 1 atom stereocenters. The van der Waals surface area contributed by atoms with Gasteiger partial charge in [-0.25, -0.2) is 4.79 Å². The molecule has 1 heterocycles. The van der Waals surface area contributed by atoms with Crippen molar-refractivity contribution in [3.8, 4) is 0 Å². The van der Waals surface area contributed by atoms with Gasteiger partial charge in [0.2, 0.25) is 0 Å².